The lowest BCUT2D eigenvalue weighted by Crippen LogP contribution is -2.18. The Balaban J connectivity index is 1.97. The molecular formula is C19H24FNO2S. The third-order valence-corrected chi connectivity index (χ3v) is 4.62. The monoisotopic (exact) mass is 349 g/mol. The van der Waals surface area contributed by atoms with Crippen molar-refractivity contribution >= 4 is 10.8 Å². The highest BCUT2D eigenvalue weighted by Crippen LogP contribution is 2.21. The third kappa shape index (κ3) is 5.14. The first kappa shape index (κ1) is 18.6. The Labute approximate surface area is 145 Å². The van der Waals surface area contributed by atoms with Gasteiger partial charge in [0.2, 0.25) is 0 Å². The van der Waals surface area contributed by atoms with Gasteiger partial charge in [0, 0.05) is 34.5 Å². The fraction of sp³-hybridized carbons (Fsp3) is 0.368. The van der Waals surface area contributed by atoms with E-state index in [-0.39, 0.29) is 23.7 Å². The quantitative estimate of drug-likeness (QED) is 0.814. The lowest BCUT2D eigenvalue weighted by molar-refractivity contribution is 0.231. The summed E-state index contributed by atoms with van der Waals surface area (Å²) in [5, 5.41) is 3.37. The lowest BCUT2D eigenvalue weighted by Gasteiger charge is -2.16. The van der Waals surface area contributed by atoms with Crippen molar-refractivity contribution in [3.05, 3.63) is 59.4 Å². The summed E-state index contributed by atoms with van der Waals surface area (Å²) in [6.07, 6.45) is 1.61. The first-order chi connectivity index (χ1) is 11.4. The molecule has 0 heterocycles. The van der Waals surface area contributed by atoms with Gasteiger partial charge >= 0.3 is 0 Å². The van der Waals surface area contributed by atoms with Crippen LogP contribution in [0.3, 0.4) is 0 Å². The topological polar surface area (TPSA) is 38.3 Å². The third-order valence-electron chi connectivity index (χ3n) is 3.68. The lowest BCUT2D eigenvalue weighted by atomic mass is 10.1. The summed E-state index contributed by atoms with van der Waals surface area (Å²) in [5.74, 6) is -0.0598. The van der Waals surface area contributed by atoms with E-state index in [1.807, 2.05) is 51.1 Å². The number of halogens is 1. The summed E-state index contributed by atoms with van der Waals surface area (Å²) in [5.41, 5.74) is 1.96. The standard InChI is InChI=1S/C19H24FNO2S/c1-13(2)23-19-10-5-15(11-18(19)20)12-21-14(3)16-6-8-17(9-7-16)24(4)22/h5-11,13-14,21H,12H2,1-4H3. The molecule has 2 rings (SSSR count). The van der Waals surface area contributed by atoms with Gasteiger partial charge < -0.3 is 10.1 Å². The molecule has 0 saturated heterocycles. The molecule has 2 aromatic rings. The van der Waals surface area contributed by atoms with Crippen molar-refractivity contribution < 1.29 is 13.3 Å². The summed E-state index contributed by atoms with van der Waals surface area (Å²) >= 11 is 0. The fourth-order valence-electron chi connectivity index (χ4n) is 2.34. The van der Waals surface area contributed by atoms with Crippen LogP contribution in [0.1, 0.15) is 37.9 Å². The maximum absolute atomic E-state index is 14.0. The maximum Gasteiger partial charge on any atom is 0.165 e. The minimum atomic E-state index is -0.967. The minimum absolute atomic E-state index is 0.0519. The minimum Gasteiger partial charge on any atom is -0.488 e. The van der Waals surface area contributed by atoms with Gasteiger partial charge in [-0.15, -0.1) is 0 Å². The van der Waals surface area contributed by atoms with Crippen LogP contribution in [-0.2, 0) is 17.3 Å². The normalized spacial score (nSPS) is 13.8. The highest BCUT2D eigenvalue weighted by molar-refractivity contribution is 7.84. The Morgan fingerprint density at radius 1 is 1.12 bits per heavy atom. The zero-order valence-electron chi connectivity index (χ0n) is 14.5. The molecule has 0 amide bonds. The van der Waals surface area contributed by atoms with Crippen LogP contribution < -0.4 is 10.1 Å². The second-order valence-electron chi connectivity index (χ2n) is 6.06. The number of rotatable bonds is 7. The molecule has 0 bridgehead atoms. The van der Waals surface area contributed by atoms with E-state index in [1.165, 1.54) is 6.07 Å². The van der Waals surface area contributed by atoms with Crippen molar-refractivity contribution in [1.82, 2.24) is 5.32 Å². The van der Waals surface area contributed by atoms with Gasteiger partial charge in [0.05, 0.1) is 6.10 Å². The number of hydrogen-bond acceptors (Lipinski definition) is 3. The molecule has 3 nitrogen and oxygen atoms in total. The van der Waals surface area contributed by atoms with E-state index in [0.29, 0.717) is 6.54 Å². The van der Waals surface area contributed by atoms with Gasteiger partial charge in [0.15, 0.2) is 11.6 Å². The average molecular weight is 349 g/mol. The van der Waals surface area contributed by atoms with Crippen molar-refractivity contribution in [2.45, 2.75) is 44.4 Å². The fourth-order valence-corrected chi connectivity index (χ4v) is 2.86. The van der Waals surface area contributed by atoms with E-state index in [4.69, 9.17) is 4.74 Å². The number of nitrogens with one attached hydrogen (secondary N) is 1. The Bertz CT molecular complexity index is 701. The predicted octanol–water partition coefficient (Wildman–Crippen LogP) is 4.20. The summed E-state index contributed by atoms with van der Waals surface area (Å²) in [6, 6.07) is 12.8. The molecule has 0 radical (unpaired) electrons. The van der Waals surface area contributed by atoms with E-state index in [2.05, 4.69) is 5.32 Å². The molecule has 130 valence electrons. The Hall–Kier alpha value is -1.72. The van der Waals surface area contributed by atoms with Crippen LogP contribution in [0, 0.1) is 5.82 Å². The van der Waals surface area contributed by atoms with Crippen molar-refractivity contribution in [2.24, 2.45) is 0 Å². The number of benzene rings is 2. The Morgan fingerprint density at radius 3 is 2.33 bits per heavy atom. The van der Waals surface area contributed by atoms with E-state index in [1.54, 1.807) is 12.3 Å². The van der Waals surface area contributed by atoms with Gasteiger partial charge in [-0.3, -0.25) is 4.21 Å². The highest BCUT2D eigenvalue weighted by atomic mass is 32.2. The molecule has 0 aliphatic rings. The molecule has 5 heteroatoms. The van der Waals surface area contributed by atoms with E-state index in [9.17, 15) is 8.60 Å². The van der Waals surface area contributed by atoms with Crippen LogP contribution in [0.5, 0.6) is 5.75 Å². The molecular weight excluding hydrogens is 325 g/mol. The van der Waals surface area contributed by atoms with Gasteiger partial charge in [0.25, 0.3) is 0 Å². The molecule has 2 atom stereocenters. The summed E-state index contributed by atoms with van der Waals surface area (Å²) < 4.78 is 30.8. The first-order valence-electron chi connectivity index (χ1n) is 7.98. The molecule has 0 aromatic heterocycles. The van der Waals surface area contributed by atoms with Gasteiger partial charge in [-0.1, -0.05) is 18.2 Å². The molecule has 0 saturated carbocycles. The summed E-state index contributed by atoms with van der Waals surface area (Å²) in [6.45, 7) is 6.35. The smallest absolute Gasteiger partial charge is 0.165 e. The summed E-state index contributed by atoms with van der Waals surface area (Å²) in [7, 11) is -0.967. The maximum atomic E-state index is 14.0. The molecule has 0 aliphatic carbocycles. The molecule has 2 unspecified atom stereocenters. The summed E-state index contributed by atoms with van der Waals surface area (Å²) in [4.78, 5) is 0.814. The molecule has 24 heavy (non-hydrogen) atoms. The van der Waals surface area contributed by atoms with Crippen molar-refractivity contribution in [3.8, 4) is 5.75 Å². The SMILES string of the molecule is CC(C)Oc1ccc(CNC(C)c2ccc(S(C)=O)cc2)cc1F. The van der Waals surface area contributed by atoms with E-state index >= 15 is 0 Å². The zero-order chi connectivity index (χ0) is 17.7. The highest BCUT2D eigenvalue weighted by Gasteiger charge is 2.09. The Morgan fingerprint density at radius 2 is 1.79 bits per heavy atom. The van der Waals surface area contributed by atoms with Crippen molar-refractivity contribution in [1.29, 1.82) is 0 Å². The van der Waals surface area contributed by atoms with Gasteiger partial charge in [-0.25, -0.2) is 4.39 Å². The van der Waals surface area contributed by atoms with Crippen LogP contribution in [0.2, 0.25) is 0 Å². The van der Waals surface area contributed by atoms with E-state index < -0.39 is 10.8 Å². The molecule has 0 aliphatic heterocycles. The van der Waals surface area contributed by atoms with Crippen LogP contribution in [0.4, 0.5) is 4.39 Å². The van der Waals surface area contributed by atoms with Crippen molar-refractivity contribution in [2.75, 3.05) is 6.26 Å². The molecule has 1 N–H and O–H groups in total. The molecule has 0 fully saturated rings. The average Bonchev–Trinajstić information content (AvgIpc) is 2.54. The van der Waals surface area contributed by atoms with Crippen LogP contribution >= 0.6 is 0 Å². The van der Waals surface area contributed by atoms with Crippen LogP contribution in [0.15, 0.2) is 47.4 Å². The Kier molecular flexibility index (Phi) is 6.52. The first-order valence-corrected chi connectivity index (χ1v) is 9.54. The number of hydrogen-bond donors (Lipinski definition) is 1. The van der Waals surface area contributed by atoms with Crippen molar-refractivity contribution in [3.63, 3.8) is 0 Å². The van der Waals surface area contributed by atoms with Gasteiger partial charge in [0.1, 0.15) is 0 Å². The number of ether oxygens (including phenoxy) is 1. The van der Waals surface area contributed by atoms with Gasteiger partial charge in [-0.2, -0.15) is 0 Å². The molecule has 2 aromatic carbocycles. The van der Waals surface area contributed by atoms with Crippen LogP contribution in [0.25, 0.3) is 0 Å². The van der Waals surface area contributed by atoms with Gasteiger partial charge in [-0.05, 0) is 56.2 Å². The predicted molar refractivity (Wildman–Crippen MR) is 96.2 cm³/mol. The largest absolute Gasteiger partial charge is 0.488 e. The zero-order valence-corrected chi connectivity index (χ0v) is 15.3. The van der Waals surface area contributed by atoms with E-state index in [0.717, 1.165) is 16.0 Å². The van der Waals surface area contributed by atoms with Crippen LogP contribution in [-0.4, -0.2) is 16.6 Å². The second-order valence-corrected chi connectivity index (χ2v) is 7.44. The molecule has 0 spiro atoms. The second kappa shape index (κ2) is 8.40.